The van der Waals surface area contributed by atoms with Gasteiger partial charge in [-0.25, -0.2) is 0 Å². The van der Waals surface area contributed by atoms with Crippen LogP contribution in [-0.4, -0.2) is 32.5 Å². The van der Waals surface area contributed by atoms with Crippen LogP contribution in [0.2, 0.25) is 0 Å². The van der Waals surface area contributed by atoms with Crippen molar-refractivity contribution in [3.05, 3.63) is 18.2 Å². The Morgan fingerprint density at radius 3 is 2.41 bits per heavy atom. The van der Waals surface area contributed by atoms with Crippen molar-refractivity contribution in [3.8, 4) is 5.75 Å². The lowest BCUT2D eigenvalue weighted by Gasteiger charge is -2.19. The first-order valence-corrected chi connectivity index (χ1v) is 7.31. The number of halogens is 4. The highest BCUT2D eigenvalue weighted by molar-refractivity contribution is 7.87. The minimum absolute atomic E-state index is 0.00863. The van der Waals surface area contributed by atoms with Crippen LogP contribution in [0.15, 0.2) is 18.2 Å². The van der Waals surface area contributed by atoms with Crippen molar-refractivity contribution in [2.45, 2.75) is 18.0 Å². The van der Waals surface area contributed by atoms with E-state index in [4.69, 9.17) is 5.73 Å². The maximum Gasteiger partial charge on any atom is 0.573 e. The molecule has 0 aliphatic carbocycles. The first-order chi connectivity index (χ1) is 9.97. The number of alkyl halides is 3. The van der Waals surface area contributed by atoms with Gasteiger partial charge in [0.05, 0.1) is 11.4 Å². The lowest BCUT2D eigenvalue weighted by atomic mass is 10.2. The summed E-state index contributed by atoms with van der Waals surface area (Å²) in [6, 6.07) is 2.83. The number of nitrogen functional groups attached to an aromatic ring is 1. The molecule has 1 aliphatic rings. The van der Waals surface area contributed by atoms with Crippen LogP contribution >= 0.6 is 0 Å². The van der Waals surface area contributed by atoms with Crippen LogP contribution in [0.5, 0.6) is 5.75 Å². The summed E-state index contributed by atoms with van der Waals surface area (Å²) in [4.78, 5) is 12.6. The SMILES string of the molecule is Nc1cc(OC(F)(F)F)ccc1N1CC(S(=O)(=O)F)CC1=O. The lowest BCUT2D eigenvalue weighted by Crippen LogP contribution is -2.27. The molecule has 0 aromatic heterocycles. The molecular formula is C11H10F4N2O4S. The third-order valence-corrected chi connectivity index (χ3v) is 4.12. The molecular weight excluding hydrogens is 332 g/mol. The highest BCUT2D eigenvalue weighted by atomic mass is 32.3. The molecule has 1 fully saturated rings. The topological polar surface area (TPSA) is 89.7 Å². The molecule has 11 heteroatoms. The molecule has 0 bridgehead atoms. The zero-order chi connectivity index (χ0) is 16.7. The van der Waals surface area contributed by atoms with E-state index in [9.17, 15) is 30.3 Å². The van der Waals surface area contributed by atoms with E-state index >= 15 is 0 Å². The number of anilines is 2. The Hall–Kier alpha value is -2.04. The second-order valence-corrected chi connectivity index (χ2v) is 6.19. The molecule has 1 aromatic rings. The molecule has 2 N–H and O–H groups in total. The van der Waals surface area contributed by atoms with Gasteiger partial charge in [-0.15, -0.1) is 17.1 Å². The monoisotopic (exact) mass is 342 g/mol. The summed E-state index contributed by atoms with van der Waals surface area (Å²) >= 11 is 0. The predicted octanol–water partition coefficient (Wildman–Crippen LogP) is 1.57. The molecule has 2 rings (SSSR count). The molecule has 1 atom stereocenters. The van der Waals surface area contributed by atoms with E-state index in [0.717, 1.165) is 23.1 Å². The lowest BCUT2D eigenvalue weighted by molar-refractivity contribution is -0.274. The fourth-order valence-corrected chi connectivity index (χ4v) is 2.74. The number of rotatable bonds is 3. The van der Waals surface area contributed by atoms with Gasteiger partial charge in [0.15, 0.2) is 0 Å². The number of carbonyl (C=O) groups is 1. The minimum atomic E-state index is -4.90. The van der Waals surface area contributed by atoms with E-state index in [0.29, 0.717) is 0 Å². The molecule has 1 heterocycles. The van der Waals surface area contributed by atoms with E-state index in [1.807, 2.05) is 0 Å². The van der Waals surface area contributed by atoms with Gasteiger partial charge in [-0.3, -0.25) is 4.79 Å². The van der Waals surface area contributed by atoms with Crippen molar-refractivity contribution >= 4 is 27.5 Å². The smallest absolute Gasteiger partial charge is 0.406 e. The molecule has 0 spiro atoms. The molecule has 0 saturated carbocycles. The number of carbonyl (C=O) groups excluding carboxylic acids is 1. The Labute approximate surface area is 122 Å². The fourth-order valence-electron chi connectivity index (χ4n) is 2.07. The van der Waals surface area contributed by atoms with Crippen LogP contribution in [0.1, 0.15) is 6.42 Å². The van der Waals surface area contributed by atoms with Crippen molar-refractivity contribution in [2.24, 2.45) is 0 Å². The summed E-state index contributed by atoms with van der Waals surface area (Å²) in [6.07, 6.45) is -5.45. The van der Waals surface area contributed by atoms with Crippen LogP contribution in [0.4, 0.5) is 28.4 Å². The van der Waals surface area contributed by atoms with Gasteiger partial charge in [0, 0.05) is 19.0 Å². The summed E-state index contributed by atoms with van der Waals surface area (Å²) in [5.74, 6) is -1.28. The number of nitrogens with zero attached hydrogens (tertiary/aromatic N) is 1. The third kappa shape index (κ3) is 3.59. The highest BCUT2D eigenvalue weighted by Crippen LogP contribution is 2.34. The Bertz CT molecular complexity index is 705. The average molecular weight is 342 g/mol. The second kappa shape index (κ2) is 5.30. The predicted molar refractivity (Wildman–Crippen MR) is 68.3 cm³/mol. The minimum Gasteiger partial charge on any atom is -0.406 e. The van der Waals surface area contributed by atoms with Crippen LogP contribution in [0.25, 0.3) is 0 Å². The first kappa shape index (κ1) is 16.3. The van der Waals surface area contributed by atoms with Crippen LogP contribution in [0.3, 0.4) is 0 Å². The van der Waals surface area contributed by atoms with E-state index in [-0.39, 0.29) is 11.4 Å². The van der Waals surface area contributed by atoms with Crippen molar-refractivity contribution < 1.29 is 35.0 Å². The molecule has 1 aromatic carbocycles. The zero-order valence-electron chi connectivity index (χ0n) is 10.8. The molecule has 1 aliphatic heterocycles. The Morgan fingerprint density at radius 2 is 1.95 bits per heavy atom. The molecule has 6 nitrogen and oxygen atoms in total. The van der Waals surface area contributed by atoms with Gasteiger partial charge in [0.2, 0.25) is 5.91 Å². The van der Waals surface area contributed by atoms with Crippen molar-refractivity contribution in [1.82, 2.24) is 0 Å². The number of nitrogens with two attached hydrogens (primary N) is 1. The molecule has 1 saturated heterocycles. The van der Waals surface area contributed by atoms with Crippen molar-refractivity contribution in [1.29, 1.82) is 0 Å². The Kier molecular flexibility index (Phi) is 3.94. The molecule has 1 unspecified atom stereocenters. The maximum atomic E-state index is 12.9. The van der Waals surface area contributed by atoms with Crippen LogP contribution in [0, 0.1) is 0 Å². The van der Waals surface area contributed by atoms with Gasteiger partial charge >= 0.3 is 16.6 Å². The summed E-state index contributed by atoms with van der Waals surface area (Å²) in [7, 11) is -4.90. The number of benzene rings is 1. The van der Waals surface area contributed by atoms with Crippen molar-refractivity contribution in [3.63, 3.8) is 0 Å². The van der Waals surface area contributed by atoms with Crippen molar-refractivity contribution in [2.75, 3.05) is 17.2 Å². The fraction of sp³-hybridized carbons (Fsp3) is 0.364. The second-order valence-electron chi connectivity index (χ2n) is 4.57. The zero-order valence-corrected chi connectivity index (χ0v) is 11.6. The normalized spacial score (nSPS) is 19.5. The average Bonchev–Trinajstić information content (AvgIpc) is 2.69. The van der Waals surface area contributed by atoms with Crippen LogP contribution < -0.4 is 15.4 Å². The molecule has 1 amide bonds. The number of hydrogen-bond acceptors (Lipinski definition) is 5. The summed E-state index contributed by atoms with van der Waals surface area (Å²) < 4.78 is 74.5. The molecule has 0 radical (unpaired) electrons. The van der Waals surface area contributed by atoms with E-state index < -0.39 is 46.5 Å². The maximum absolute atomic E-state index is 12.9. The van der Waals surface area contributed by atoms with Gasteiger partial charge in [-0.1, -0.05) is 0 Å². The third-order valence-electron chi connectivity index (χ3n) is 3.01. The highest BCUT2D eigenvalue weighted by Gasteiger charge is 2.39. The largest absolute Gasteiger partial charge is 0.573 e. The number of amides is 1. The summed E-state index contributed by atoms with van der Waals surface area (Å²) in [5, 5.41) is -1.52. The van der Waals surface area contributed by atoms with Gasteiger partial charge in [0.1, 0.15) is 11.0 Å². The Morgan fingerprint density at radius 1 is 1.32 bits per heavy atom. The van der Waals surface area contributed by atoms with Gasteiger partial charge in [-0.2, -0.15) is 8.42 Å². The number of ether oxygens (including phenoxy) is 1. The molecule has 122 valence electrons. The summed E-state index contributed by atoms with van der Waals surface area (Å²) in [5.41, 5.74) is 5.31. The Balaban J connectivity index is 2.25. The molecule has 22 heavy (non-hydrogen) atoms. The van der Waals surface area contributed by atoms with Gasteiger partial charge < -0.3 is 15.4 Å². The first-order valence-electron chi connectivity index (χ1n) is 5.86. The summed E-state index contributed by atoms with van der Waals surface area (Å²) in [6.45, 7) is -0.457. The standard InChI is InChI=1S/C11H10F4N2O4S/c12-11(13,14)21-6-1-2-9(8(16)3-6)17-5-7(4-10(17)18)22(15,19)20/h1-3,7H,4-5,16H2. The van der Waals surface area contributed by atoms with E-state index in [1.165, 1.54) is 0 Å². The van der Waals surface area contributed by atoms with E-state index in [2.05, 4.69) is 4.74 Å². The van der Waals surface area contributed by atoms with E-state index in [1.54, 1.807) is 0 Å². The quantitative estimate of drug-likeness (QED) is 0.512. The van der Waals surface area contributed by atoms with Crippen LogP contribution in [-0.2, 0) is 15.0 Å². The van der Waals surface area contributed by atoms with Gasteiger partial charge in [0.25, 0.3) is 0 Å². The van der Waals surface area contributed by atoms with Gasteiger partial charge in [-0.05, 0) is 12.1 Å². The number of hydrogen-bond donors (Lipinski definition) is 1.